The van der Waals surface area contributed by atoms with Crippen LogP contribution in [0, 0.1) is 0 Å². The van der Waals surface area contributed by atoms with Crippen LogP contribution in [0.15, 0.2) is 58.3 Å². The molecule has 210 valence electrons. The van der Waals surface area contributed by atoms with Crippen LogP contribution in [0.4, 0.5) is 0 Å². The predicted octanol–water partition coefficient (Wildman–Crippen LogP) is 0.395. The maximum absolute atomic E-state index is 13.0. The molecule has 2 aliphatic heterocycles. The number of sulfonamides is 2. The number of piperidine rings is 1. The van der Waals surface area contributed by atoms with Crippen molar-refractivity contribution in [2.75, 3.05) is 39.9 Å². The van der Waals surface area contributed by atoms with E-state index in [0.29, 0.717) is 44.8 Å². The van der Waals surface area contributed by atoms with Crippen molar-refractivity contribution in [1.29, 1.82) is 0 Å². The van der Waals surface area contributed by atoms with E-state index in [2.05, 4.69) is 10.0 Å². The summed E-state index contributed by atoms with van der Waals surface area (Å²) in [7, 11) is -5.82. The van der Waals surface area contributed by atoms with Gasteiger partial charge in [0.2, 0.25) is 20.0 Å². The van der Waals surface area contributed by atoms with Gasteiger partial charge in [-0.05, 0) is 56.1 Å². The van der Waals surface area contributed by atoms with Gasteiger partial charge < -0.3 is 25.6 Å². The molecule has 2 aromatic rings. The number of nitrogens with one attached hydrogen (secondary N) is 2. The van der Waals surface area contributed by atoms with E-state index >= 15 is 0 Å². The van der Waals surface area contributed by atoms with Crippen LogP contribution in [0.3, 0.4) is 0 Å². The zero-order valence-corrected chi connectivity index (χ0v) is 23.0. The zero-order valence-electron chi connectivity index (χ0n) is 21.4. The summed E-state index contributed by atoms with van der Waals surface area (Å²) in [6.45, 7) is 1.87. The molecule has 0 bridgehead atoms. The van der Waals surface area contributed by atoms with E-state index in [1.165, 1.54) is 23.5 Å². The fourth-order valence-electron chi connectivity index (χ4n) is 4.81. The Bertz CT molecular complexity index is 1300. The van der Waals surface area contributed by atoms with E-state index in [1.807, 2.05) is 0 Å². The first-order valence-electron chi connectivity index (χ1n) is 12.6. The molecule has 2 unspecified atom stereocenters. The lowest BCUT2D eigenvalue weighted by molar-refractivity contribution is -0.0312. The Morgan fingerprint density at radius 2 is 1.84 bits per heavy atom. The first kappa shape index (κ1) is 28.9. The molecule has 0 saturated carbocycles. The summed E-state index contributed by atoms with van der Waals surface area (Å²) in [5.74, 6) is 0.348. The van der Waals surface area contributed by atoms with Crippen molar-refractivity contribution in [2.45, 2.75) is 53.3 Å². The molecule has 2 aliphatic rings. The molecule has 38 heavy (non-hydrogen) atoms. The Morgan fingerprint density at radius 3 is 2.50 bits per heavy atom. The number of hydrogen-bond donors (Lipinski definition) is 4. The van der Waals surface area contributed by atoms with Crippen molar-refractivity contribution >= 4 is 20.0 Å². The molecule has 0 radical (unpaired) electrons. The molecule has 0 amide bonds. The van der Waals surface area contributed by atoms with Crippen LogP contribution in [-0.4, -0.2) is 83.9 Å². The molecule has 13 heteroatoms. The summed E-state index contributed by atoms with van der Waals surface area (Å²) in [6, 6.07) is 12.8. The van der Waals surface area contributed by atoms with E-state index in [-0.39, 0.29) is 34.6 Å². The highest BCUT2D eigenvalue weighted by Gasteiger charge is 2.44. The van der Waals surface area contributed by atoms with Crippen molar-refractivity contribution < 1.29 is 31.4 Å². The van der Waals surface area contributed by atoms with Gasteiger partial charge in [0.15, 0.2) is 0 Å². The molecule has 2 fully saturated rings. The molecule has 2 saturated heterocycles. The normalized spacial score (nSPS) is 21.0. The van der Waals surface area contributed by atoms with Gasteiger partial charge in [0.1, 0.15) is 18.5 Å². The second-order valence-electron chi connectivity index (χ2n) is 9.70. The lowest BCUT2D eigenvalue weighted by Crippen LogP contribution is -2.47. The van der Waals surface area contributed by atoms with Gasteiger partial charge in [0, 0.05) is 38.3 Å². The first-order chi connectivity index (χ1) is 18.1. The first-order valence-corrected chi connectivity index (χ1v) is 15.5. The summed E-state index contributed by atoms with van der Waals surface area (Å²) in [5, 5.41) is 13.7. The van der Waals surface area contributed by atoms with E-state index in [0.717, 1.165) is 12.0 Å². The number of benzene rings is 2. The molecule has 0 aromatic heterocycles. The van der Waals surface area contributed by atoms with Crippen molar-refractivity contribution in [2.24, 2.45) is 5.73 Å². The number of ether oxygens (including phenoxy) is 2. The Hall–Kier alpha value is -2.10. The lowest BCUT2D eigenvalue weighted by Gasteiger charge is -2.38. The number of nitrogens with zero attached hydrogens (tertiary/aromatic N) is 1. The molecular formula is C25H36N4O7S2. The second kappa shape index (κ2) is 12.0. The minimum Gasteiger partial charge on any atom is -0.491 e. The molecular weight excluding hydrogens is 532 g/mol. The van der Waals surface area contributed by atoms with Crippen LogP contribution in [-0.2, 0) is 31.3 Å². The fourth-order valence-corrected chi connectivity index (χ4v) is 7.01. The van der Waals surface area contributed by atoms with E-state index in [1.54, 1.807) is 36.4 Å². The van der Waals surface area contributed by atoms with Crippen LogP contribution in [0.5, 0.6) is 5.75 Å². The highest BCUT2D eigenvalue weighted by atomic mass is 32.2. The van der Waals surface area contributed by atoms with Crippen LogP contribution < -0.4 is 20.5 Å². The van der Waals surface area contributed by atoms with Crippen LogP contribution in [0.2, 0.25) is 0 Å². The molecule has 11 nitrogen and oxygen atoms in total. The van der Waals surface area contributed by atoms with Crippen LogP contribution >= 0.6 is 0 Å². The molecule has 0 aliphatic carbocycles. The third kappa shape index (κ3) is 6.72. The van der Waals surface area contributed by atoms with E-state index in [9.17, 15) is 21.9 Å². The average Bonchev–Trinajstić information content (AvgIpc) is 3.33. The van der Waals surface area contributed by atoms with Gasteiger partial charge in [-0.2, -0.15) is 4.31 Å². The van der Waals surface area contributed by atoms with Gasteiger partial charge in [-0.15, -0.1) is 0 Å². The van der Waals surface area contributed by atoms with Crippen molar-refractivity contribution in [3.63, 3.8) is 0 Å². The monoisotopic (exact) mass is 568 g/mol. The SMILES string of the molecule is CNS(=O)(=O)c1cccc(OCC(O)CNC2COC3(CCN(S(=O)(=O)c4ccc(CN)cc4)CC3)C2)c1. The topological polar surface area (TPSA) is 160 Å². The number of aliphatic hydroxyl groups is 1. The summed E-state index contributed by atoms with van der Waals surface area (Å²) in [5.41, 5.74) is 6.11. The average molecular weight is 569 g/mol. The summed E-state index contributed by atoms with van der Waals surface area (Å²) in [4.78, 5) is 0.353. The lowest BCUT2D eigenvalue weighted by atomic mass is 9.88. The van der Waals surface area contributed by atoms with Crippen molar-refractivity contribution in [3.8, 4) is 5.75 Å². The summed E-state index contributed by atoms with van der Waals surface area (Å²) < 4.78 is 65.5. The third-order valence-corrected chi connectivity index (χ3v) is 10.4. The maximum atomic E-state index is 13.0. The highest BCUT2D eigenvalue weighted by molar-refractivity contribution is 7.89. The van der Waals surface area contributed by atoms with Crippen molar-refractivity contribution in [3.05, 3.63) is 54.1 Å². The van der Waals surface area contributed by atoms with E-state index in [4.69, 9.17) is 15.2 Å². The Balaban J connectivity index is 1.22. The summed E-state index contributed by atoms with van der Waals surface area (Å²) >= 11 is 0. The maximum Gasteiger partial charge on any atom is 0.243 e. The highest BCUT2D eigenvalue weighted by Crippen LogP contribution is 2.37. The Kier molecular flexibility index (Phi) is 9.10. The molecule has 5 N–H and O–H groups in total. The standard InChI is InChI=1S/C25H36N4O7S2/c1-27-37(31,32)24-4-2-3-22(13-24)35-18-21(30)16-28-20-14-25(36-17-20)9-11-29(12-10-25)38(33,34)23-7-5-19(15-26)6-8-23/h2-8,13,20-21,27-28,30H,9-12,14-18,26H2,1H3. The zero-order chi connectivity index (χ0) is 27.4. The van der Waals surface area contributed by atoms with Gasteiger partial charge in [-0.25, -0.2) is 21.6 Å². The van der Waals surface area contributed by atoms with Gasteiger partial charge in [0.25, 0.3) is 0 Å². The Morgan fingerprint density at radius 1 is 1.13 bits per heavy atom. The third-order valence-electron chi connectivity index (χ3n) is 7.11. The Labute approximate surface area is 224 Å². The fraction of sp³-hybridized carbons (Fsp3) is 0.520. The van der Waals surface area contributed by atoms with Gasteiger partial charge in [-0.3, -0.25) is 0 Å². The van der Waals surface area contributed by atoms with Crippen LogP contribution in [0.1, 0.15) is 24.8 Å². The molecule has 4 rings (SSSR count). The van der Waals surface area contributed by atoms with Gasteiger partial charge in [-0.1, -0.05) is 18.2 Å². The smallest absolute Gasteiger partial charge is 0.243 e. The number of aliphatic hydroxyl groups excluding tert-OH is 1. The molecule has 1 spiro atoms. The predicted molar refractivity (Wildman–Crippen MR) is 142 cm³/mol. The largest absolute Gasteiger partial charge is 0.491 e. The molecule has 2 aromatic carbocycles. The van der Waals surface area contributed by atoms with Gasteiger partial charge >= 0.3 is 0 Å². The number of hydrogen-bond acceptors (Lipinski definition) is 9. The summed E-state index contributed by atoms with van der Waals surface area (Å²) in [6.07, 6.45) is 1.11. The quantitative estimate of drug-likeness (QED) is 0.301. The number of nitrogens with two attached hydrogens (primary N) is 1. The minimum absolute atomic E-state index is 0.00610. The van der Waals surface area contributed by atoms with Crippen molar-refractivity contribution in [1.82, 2.24) is 14.3 Å². The minimum atomic E-state index is -3.58. The number of rotatable bonds is 11. The second-order valence-corrected chi connectivity index (χ2v) is 13.5. The van der Waals surface area contributed by atoms with Gasteiger partial charge in [0.05, 0.1) is 22.0 Å². The molecule has 2 heterocycles. The van der Waals surface area contributed by atoms with E-state index < -0.39 is 26.2 Å². The van der Waals surface area contributed by atoms with Crippen LogP contribution in [0.25, 0.3) is 0 Å². The molecule has 2 atom stereocenters.